The molecule has 1 aromatic rings. The molecular formula is C9H11BrN2O2. The van der Waals surface area contributed by atoms with Crippen LogP contribution in [0.15, 0.2) is 22.8 Å². The van der Waals surface area contributed by atoms with Crippen LogP contribution < -0.4 is 5.73 Å². The third-order valence-corrected chi connectivity index (χ3v) is 2.55. The van der Waals surface area contributed by atoms with Crippen molar-refractivity contribution in [1.82, 2.24) is 4.98 Å². The van der Waals surface area contributed by atoms with Gasteiger partial charge in [-0.3, -0.25) is 9.78 Å². The minimum Gasteiger partial charge on any atom is -0.481 e. The maximum Gasteiger partial charge on any atom is 0.304 e. The summed E-state index contributed by atoms with van der Waals surface area (Å²) in [5.41, 5.74) is 6.20. The number of hydrogen-bond acceptors (Lipinski definition) is 3. The zero-order valence-corrected chi connectivity index (χ0v) is 9.07. The number of halogens is 1. The van der Waals surface area contributed by atoms with Crippen LogP contribution >= 0.6 is 15.9 Å². The first kappa shape index (κ1) is 11.1. The molecule has 0 aliphatic rings. The number of carbonyl (C=O) groups is 1. The molecule has 4 nitrogen and oxygen atoms in total. The van der Waals surface area contributed by atoms with Crippen LogP contribution in [0, 0.1) is 0 Å². The summed E-state index contributed by atoms with van der Waals surface area (Å²) in [4.78, 5) is 14.7. The molecule has 0 bridgehead atoms. The first-order valence-electron chi connectivity index (χ1n) is 4.17. The quantitative estimate of drug-likeness (QED) is 0.855. The van der Waals surface area contributed by atoms with Gasteiger partial charge in [0.1, 0.15) is 0 Å². The average Bonchev–Trinajstić information content (AvgIpc) is 2.15. The fourth-order valence-electron chi connectivity index (χ4n) is 1.20. The zero-order chi connectivity index (χ0) is 10.6. The Morgan fingerprint density at radius 3 is 2.93 bits per heavy atom. The Balaban J connectivity index is 2.89. The molecule has 76 valence electrons. The van der Waals surface area contributed by atoms with Gasteiger partial charge in [0.15, 0.2) is 0 Å². The molecule has 3 N–H and O–H groups in total. The first-order chi connectivity index (χ1) is 6.65. The van der Waals surface area contributed by atoms with Gasteiger partial charge in [-0.2, -0.15) is 0 Å². The van der Waals surface area contributed by atoms with Crippen LogP contribution in [-0.4, -0.2) is 22.6 Å². The van der Waals surface area contributed by atoms with E-state index in [-0.39, 0.29) is 18.9 Å². The van der Waals surface area contributed by atoms with Crippen LogP contribution in [0.25, 0.3) is 0 Å². The van der Waals surface area contributed by atoms with E-state index in [9.17, 15) is 4.79 Å². The Hall–Kier alpha value is -0.940. The Morgan fingerprint density at radius 1 is 1.71 bits per heavy atom. The highest BCUT2D eigenvalue weighted by Crippen LogP contribution is 2.24. The second kappa shape index (κ2) is 5.07. The average molecular weight is 259 g/mol. The predicted molar refractivity (Wildman–Crippen MR) is 56.0 cm³/mol. The van der Waals surface area contributed by atoms with Crippen molar-refractivity contribution in [2.45, 2.75) is 12.3 Å². The molecule has 0 saturated carbocycles. The lowest BCUT2D eigenvalue weighted by Crippen LogP contribution is -2.17. The molecule has 1 rings (SSSR count). The molecule has 0 aliphatic heterocycles. The van der Waals surface area contributed by atoms with Gasteiger partial charge in [-0.05, 0) is 28.1 Å². The number of pyridine rings is 1. The normalized spacial score (nSPS) is 12.4. The standard InChI is InChI=1S/C9H11BrN2O2/c10-7-2-1-3-12-9(7)6(5-11)4-8(13)14/h1-3,6H,4-5,11H2,(H,13,14). The summed E-state index contributed by atoms with van der Waals surface area (Å²) in [5.74, 6) is -1.10. The highest BCUT2D eigenvalue weighted by Gasteiger charge is 2.17. The molecule has 0 spiro atoms. The molecule has 0 saturated heterocycles. The number of nitrogens with two attached hydrogens (primary N) is 1. The van der Waals surface area contributed by atoms with Crippen molar-refractivity contribution in [3.63, 3.8) is 0 Å². The fraction of sp³-hybridized carbons (Fsp3) is 0.333. The zero-order valence-electron chi connectivity index (χ0n) is 7.48. The van der Waals surface area contributed by atoms with Gasteiger partial charge in [0.05, 0.1) is 12.1 Å². The van der Waals surface area contributed by atoms with E-state index >= 15 is 0 Å². The topological polar surface area (TPSA) is 76.2 Å². The summed E-state index contributed by atoms with van der Waals surface area (Å²) >= 11 is 3.32. The third-order valence-electron chi connectivity index (χ3n) is 1.88. The van der Waals surface area contributed by atoms with E-state index < -0.39 is 5.97 Å². The number of aliphatic carboxylic acids is 1. The van der Waals surface area contributed by atoms with Gasteiger partial charge in [-0.15, -0.1) is 0 Å². The Bertz CT molecular complexity index is 330. The molecule has 1 atom stereocenters. The number of hydrogen-bond donors (Lipinski definition) is 2. The molecule has 1 heterocycles. The number of nitrogens with zero attached hydrogens (tertiary/aromatic N) is 1. The summed E-state index contributed by atoms with van der Waals surface area (Å²) in [6, 6.07) is 3.61. The van der Waals surface area contributed by atoms with Crippen LogP contribution in [-0.2, 0) is 4.79 Å². The summed E-state index contributed by atoms with van der Waals surface area (Å²) < 4.78 is 0.803. The summed E-state index contributed by atoms with van der Waals surface area (Å²) in [7, 11) is 0. The van der Waals surface area contributed by atoms with E-state index in [1.165, 1.54) is 0 Å². The second-order valence-corrected chi connectivity index (χ2v) is 3.76. The van der Waals surface area contributed by atoms with E-state index in [1.807, 2.05) is 6.07 Å². The molecule has 5 heteroatoms. The van der Waals surface area contributed by atoms with Gasteiger partial charge in [0, 0.05) is 23.1 Å². The van der Waals surface area contributed by atoms with Crippen LogP contribution in [0.1, 0.15) is 18.0 Å². The molecule has 0 amide bonds. The van der Waals surface area contributed by atoms with E-state index in [2.05, 4.69) is 20.9 Å². The van der Waals surface area contributed by atoms with Gasteiger partial charge in [-0.1, -0.05) is 0 Å². The first-order valence-corrected chi connectivity index (χ1v) is 4.96. The van der Waals surface area contributed by atoms with Crippen molar-refractivity contribution >= 4 is 21.9 Å². The van der Waals surface area contributed by atoms with E-state index in [0.717, 1.165) is 4.47 Å². The van der Waals surface area contributed by atoms with E-state index in [4.69, 9.17) is 10.8 Å². The number of aromatic nitrogens is 1. The lowest BCUT2D eigenvalue weighted by molar-refractivity contribution is -0.137. The van der Waals surface area contributed by atoms with Crippen LogP contribution in [0.2, 0.25) is 0 Å². The van der Waals surface area contributed by atoms with Gasteiger partial charge < -0.3 is 10.8 Å². The predicted octanol–water partition coefficient (Wildman–Crippen LogP) is 1.36. The molecule has 0 radical (unpaired) electrons. The van der Waals surface area contributed by atoms with Crippen molar-refractivity contribution in [1.29, 1.82) is 0 Å². The van der Waals surface area contributed by atoms with Crippen molar-refractivity contribution in [2.75, 3.05) is 6.54 Å². The van der Waals surface area contributed by atoms with Crippen molar-refractivity contribution in [3.8, 4) is 0 Å². The Kier molecular flexibility index (Phi) is 4.03. The van der Waals surface area contributed by atoms with E-state index in [0.29, 0.717) is 5.69 Å². The number of rotatable bonds is 4. The molecule has 0 aliphatic carbocycles. The van der Waals surface area contributed by atoms with Crippen LogP contribution in [0.5, 0.6) is 0 Å². The van der Waals surface area contributed by atoms with E-state index in [1.54, 1.807) is 12.3 Å². The smallest absolute Gasteiger partial charge is 0.304 e. The minimum absolute atomic E-state index is 0.00606. The molecule has 0 fully saturated rings. The Morgan fingerprint density at radius 2 is 2.43 bits per heavy atom. The molecule has 14 heavy (non-hydrogen) atoms. The third kappa shape index (κ3) is 2.78. The molecule has 1 aromatic heterocycles. The van der Waals surface area contributed by atoms with Crippen LogP contribution in [0.3, 0.4) is 0 Å². The molecule has 0 aromatic carbocycles. The SMILES string of the molecule is NCC(CC(=O)O)c1ncccc1Br. The molecular weight excluding hydrogens is 248 g/mol. The highest BCUT2D eigenvalue weighted by atomic mass is 79.9. The van der Waals surface area contributed by atoms with Crippen molar-refractivity contribution in [2.24, 2.45) is 5.73 Å². The lowest BCUT2D eigenvalue weighted by Gasteiger charge is -2.12. The number of carboxylic acids is 1. The monoisotopic (exact) mass is 258 g/mol. The van der Waals surface area contributed by atoms with Gasteiger partial charge >= 0.3 is 5.97 Å². The number of carboxylic acid groups (broad SMARTS) is 1. The maximum atomic E-state index is 10.6. The maximum absolute atomic E-state index is 10.6. The van der Waals surface area contributed by atoms with Gasteiger partial charge in [0.25, 0.3) is 0 Å². The Labute approximate surface area is 90.3 Å². The largest absolute Gasteiger partial charge is 0.481 e. The summed E-state index contributed by atoms with van der Waals surface area (Å²) in [5, 5.41) is 8.67. The molecule has 1 unspecified atom stereocenters. The summed E-state index contributed by atoms with van der Waals surface area (Å²) in [6.07, 6.45) is 1.64. The minimum atomic E-state index is -0.863. The van der Waals surface area contributed by atoms with Gasteiger partial charge in [-0.25, -0.2) is 0 Å². The van der Waals surface area contributed by atoms with Crippen molar-refractivity contribution in [3.05, 3.63) is 28.5 Å². The van der Waals surface area contributed by atoms with Crippen LogP contribution in [0.4, 0.5) is 0 Å². The van der Waals surface area contributed by atoms with Crippen molar-refractivity contribution < 1.29 is 9.90 Å². The fourth-order valence-corrected chi connectivity index (χ4v) is 1.78. The second-order valence-electron chi connectivity index (χ2n) is 2.90. The lowest BCUT2D eigenvalue weighted by atomic mass is 10.0. The summed E-state index contributed by atoms with van der Waals surface area (Å²) in [6.45, 7) is 0.280. The highest BCUT2D eigenvalue weighted by molar-refractivity contribution is 9.10. The van der Waals surface area contributed by atoms with Gasteiger partial charge in [0.2, 0.25) is 0 Å².